The van der Waals surface area contributed by atoms with Gasteiger partial charge in [-0.1, -0.05) is 55.2 Å². The van der Waals surface area contributed by atoms with Crippen LogP contribution in [0.3, 0.4) is 0 Å². The van der Waals surface area contributed by atoms with E-state index in [1.54, 1.807) is 31.2 Å². The van der Waals surface area contributed by atoms with E-state index in [0.717, 1.165) is 0 Å². The summed E-state index contributed by atoms with van der Waals surface area (Å²) >= 11 is 12.5. The number of halogens is 3. The Kier molecular flexibility index (Phi) is 8.93. The molecule has 1 atom stereocenters. The highest BCUT2D eigenvalue weighted by molar-refractivity contribution is 6.36. The molecule has 2 aromatic carbocycles. The van der Waals surface area contributed by atoms with Crippen LogP contribution < -0.4 is 10.1 Å². The molecule has 0 saturated heterocycles. The van der Waals surface area contributed by atoms with Gasteiger partial charge in [0.25, 0.3) is 5.91 Å². The maximum Gasteiger partial charge on any atom is 0.261 e. The number of para-hydroxylation sites is 1. The largest absolute Gasteiger partial charge is 0.481 e. The summed E-state index contributed by atoms with van der Waals surface area (Å²) in [7, 11) is 0. The van der Waals surface area contributed by atoms with Crippen molar-refractivity contribution in [3.63, 3.8) is 0 Å². The summed E-state index contributed by atoms with van der Waals surface area (Å²) < 4.78 is 19.1. The Morgan fingerprint density at radius 3 is 2.30 bits per heavy atom. The van der Waals surface area contributed by atoms with Crippen molar-refractivity contribution in [2.24, 2.45) is 5.92 Å². The highest BCUT2D eigenvalue weighted by Gasteiger charge is 2.28. The summed E-state index contributed by atoms with van der Waals surface area (Å²) in [6, 6.07) is 9.99. The second-order valence-corrected chi connectivity index (χ2v) is 8.07. The number of carbonyl (C=O) groups is 2. The molecule has 0 unspecified atom stereocenters. The van der Waals surface area contributed by atoms with Gasteiger partial charge in [-0.2, -0.15) is 0 Å². The summed E-state index contributed by atoms with van der Waals surface area (Å²) in [5, 5.41) is 3.57. The predicted octanol–water partition coefficient (Wildman–Crippen LogP) is 4.70. The first-order valence-corrected chi connectivity index (χ1v) is 10.3. The van der Waals surface area contributed by atoms with Crippen LogP contribution in [0.4, 0.5) is 4.39 Å². The van der Waals surface area contributed by atoms with E-state index in [1.165, 1.54) is 23.1 Å². The van der Waals surface area contributed by atoms with E-state index < -0.39 is 24.4 Å². The molecule has 2 rings (SSSR count). The van der Waals surface area contributed by atoms with E-state index in [2.05, 4.69) is 5.32 Å². The van der Waals surface area contributed by atoms with Crippen molar-refractivity contribution in [1.82, 2.24) is 10.2 Å². The zero-order chi connectivity index (χ0) is 22.3. The maximum absolute atomic E-state index is 13.8. The van der Waals surface area contributed by atoms with E-state index in [-0.39, 0.29) is 24.1 Å². The number of nitrogens with one attached hydrogen (secondary N) is 1. The molecule has 0 aromatic heterocycles. The Hall–Kier alpha value is -2.31. The van der Waals surface area contributed by atoms with Gasteiger partial charge in [0.2, 0.25) is 5.91 Å². The second kappa shape index (κ2) is 11.2. The van der Waals surface area contributed by atoms with Crippen molar-refractivity contribution in [3.8, 4) is 5.75 Å². The van der Waals surface area contributed by atoms with Gasteiger partial charge in [0.05, 0.1) is 0 Å². The Morgan fingerprint density at radius 2 is 1.70 bits per heavy atom. The molecule has 2 aromatic rings. The molecule has 1 N–H and O–H groups in total. The molecule has 30 heavy (non-hydrogen) atoms. The molecule has 8 heteroatoms. The molecule has 0 saturated carbocycles. The lowest BCUT2D eigenvalue weighted by atomic mass is 10.1. The highest BCUT2D eigenvalue weighted by atomic mass is 35.5. The average Bonchev–Trinajstić information content (AvgIpc) is 2.70. The van der Waals surface area contributed by atoms with Crippen LogP contribution in [-0.4, -0.2) is 35.9 Å². The zero-order valence-electron chi connectivity index (χ0n) is 17.1. The molecule has 5 nitrogen and oxygen atoms in total. The summed E-state index contributed by atoms with van der Waals surface area (Å²) in [6.45, 7) is 5.60. The minimum absolute atomic E-state index is 0.00817. The fourth-order valence-corrected chi connectivity index (χ4v) is 3.19. The molecule has 0 bridgehead atoms. The Bertz CT molecular complexity index is 872. The fourth-order valence-electron chi connectivity index (χ4n) is 2.67. The van der Waals surface area contributed by atoms with Gasteiger partial charge < -0.3 is 15.0 Å². The van der Waals surface area contributed by atoms with Gasteiger partial charge in [-0.25, -0.2) is 4.39 Å². The number of benzene rings is 2. The highest BCUT2D eigenvalue weighted by Crippen LogP contribution is 2.26. The van der Waals surface area contributed by atoms with Crippen molar-refractivity contribution in [1.29, 1.82) is 0 Å². The van der Waals surface area contributed by atoms with Gasteiger partial charge in [0.1, 0.15) is 6.04 Å². The fraction of sp³-hybridized carbons (Fsp3) is 0.364. The molecule has 0 aliphatic heterocycles. The third-order valence-electron chi connectivity index (χ3n) is 4.43. The molecule has 162 valence electrons. The van der Waals surface area contributed by atoms with Crippen molar-refractivity contribution in [2.45, 2.75) is 33.4 Å². The van der Waals surface area contributed by atoms with Crippen molar-refractivity contribution in [3.05, 3.63) is 63.9 Å². The van der Waals surface area contributed by atoms with Crippen LogP contribution in [0.5, 0.6) is 5.75 Å². The minimum atomic E-state index is -0.812. The normalized spacial score (nSPS) is 11.8. The molecule has 0 fully saturated rings. The van der Waals surface area contributed by atoms with Gasteiger partial charge in [0.15, 0.2) is 18.2 Å². The smallest absolute Gasteiger partial charge is 0.261 e. The number of hydrogen-bond acceptors (Lipinski definition) is 3. The molecule has 0 radical (unpaired) electrons. The van der Waals surface area contributed by atoms with Crippen LogP contribution in [0.15, 0.2) is 42.5 Å². The average molecular weight is 455 g/mol. The molecule has 0 heterocycles. The molecule has 0 aliphatic carbocycles. The first-order chi connectivity index (χ1) is 14.2. The van der Waals surface area contributed by atoms with E-state index in [9.17, 15) is 14.0 Å². The number of amides is 2. The summed E-state index contributed by atoms with van der Waals surface area (Å²) in [5.74, 6) is -1.17. The van der Waals surface area contributed by atoms with E-state index in [4.69, 9.17) is 27.9 Å². The molecule has 0 spiro atoms. The van der Waals surface area contributed by atoms with Crippen LogP contribution in [0.2, 0.25) is 10.0 Å². The maximum atomic E-state index is 13.8. The van der Waals surface area contributed by atoms with Crippen molar-refractivity contribution < 1.29 is 18.7 Å². The second-order valence-electron chi connectivity index (χ2n) is 7.26. The van der Waals surface area contributed by atoms with Crippen LogP contribution in [0, 0.1) is 11.7 Å². The summed E-state index contributed by atoms with van der Waals surface area (Å²) in [4.78, 5) is 26.9. The third kappa shape index (κ3) is 6.61. The van der Waals surface area contributed by atoms with Gasteiger partial charge in [-0.05, 0) is 37.1 Å². The number of hydrogen-bond donors (Lipinski definition) is 1. The van der Waals surface area contributed by atoms with E-state index in [1.807, 2.05) is 13.8 Å². The summed E-state index contributed by atoms with van der Waals surface area (Å²) in [5.41, 5.74) is 0.517. The Balaban J connectivity index is 2.22. The lowest BCUT2D eigenvalue weighted by Crippen LogP contribution is -2.49. The van der Waals surface area contributed by atoms with Gasteiger partial charge in [0, 0.05) is 28.7 Å². The number of nitrogens with zero attached hydrogens (tertiary/aromatic N) is 1. The van der Waals surface area contributed by atoms with Crippen LogP contribution in [0.1, 0.15) is 26.3 Å². The van der Waals surface area contributed by atoms with Gasteiger partial charge >= 0.3 is 0 Å². The minimum Gasteiger partial charge on any atom is -0.481 e. The number of ether oxygens (including phenoxy) is 1. The number of carbonyl (C=O) groups excluding carboxylic acids is 2. The van der Waals surface area contributed by atoms with Crippen LogP contribution >= 0.6 is 23.2 Å². The predicted molar refractivity (Wildman–Crippen MR) is 116 cm³/mol. The Morgan fingerprint density at radius 1 is 1.07 bits per heavy atom. The first-order valence-electron chi connectivity index (χ1n) is 9.58. The molecule has 2 amide bonds. The topological polar surface area (TPSA) is 58.6 Å². The third-order valence-corrected chi connectivity index (χ3v) is 5.14. The molecule has 0 aliphatic rings. The SMILES string of the molecule is CC(C)CNC(=O)[C@H](C)N(Cc1c(Cl)cccc1Cl)C(=O)COc1ccccc1F. The van der Waals surface area contributed by atoms with Gasteiger partial charge in [-0.3, -0.25) is 9.59 Å². The molecular weight excluding hydrogens is 430 g/mol. The quantitative estimate of drug-likeness (QED) is 0.597. The summed E-state index contributed by atoms with van der Waals surface area (Å²) in [6.07, 6.45) is 0. The monoisotopic (exact) mass is 454 g/mol. The zero-order valence-corrected chi connectivity index (χ0v) is 18.6. The van der Waals surface area contributed by atoms with E-state index in [0.29, 0.717) is 22.2 Å². The van der Waals surface area contributed by atoms with Crippen molar-refractivity contribution >= 4 is 35.0 Å². The first kappa shape index (κ1) is 24.0. The van der Waals surface area contributed by atoms with Crippen LogP contribution in [-0.2, 0) is 16.1 Å². The Labute approximate surface area is 186 Å². The van der Waals surface area contributed by atoms with E-state index >= 15 is 0 Å². The lowest BCUT2D eigenvalue weighted by Gasteiger charge is -2.29. The lowest BCUT2D eigenvalue weighted by molar-refractivity contribution is -0.142. The standard InChI is InChI=1S/C22H25Cl2FN2O3/c1-14(2)11-26-22(29)15(3)27(12-16-17(23)7-6-8-18(16)24)21(28)13-30-20-10-5-4-9-19(20)25/h4-10,14-15H,11-13H2,1-3H3,(H,26,29)/t15-/m0/s1. The molecular formula is C22H25Cl2FN2O3. The number of rotatable bonds is 9. The van der Waals surface area contributed by atoms with Crippen molar-refractivity contribution in [2.75, 3.05) is 13.2 Å². The van der Waals surface area contributed by atoms with Crippen LogP contribution in [0.25, 0.3) is 0 Å². The van der Waals surface area contributed by atoms with Gasteiger partial charge in [-0.15, -0.1) is 0 Å².